The van der Waals surface area contributed by atoms with E-state index in [-0.39, 0.29) is 0 Å². The fourth-order valence-electron chi connectivity index (χ4n) is 2.31. The Kier molecular flexibility index (Phi) is 2.81. The first-order valence-corrected chi connectivity index (χ1v) is 5.77. The van der Waals surface area contributed by atoms with Gasteiger partial charge in [0.05, 0.1) is 0 Å². The van der Waals surface area contributed by atoms with Crippen molar-refractivity contribution in [1.82, 2.24) is 0 Å². The van der Waals surface area contributed by atoms with Crippen LogP contribution in [0.4, 0.5) is 0 Å². The number of aryl methyl sites for hydroxylation is 2. The monoisotopic (exact) mass is 196 g/mol. The molecule has 0 bridgehead atoms. The van der Waals surface area contributed by atoms with E-state index < -0.39 is 0 Å². The van der Waals surface area contributed by atoms with Gasteiger partial charge < -0.3 is 0 Å². The van der Waals surface area contributed by atoms with Crippen LogP contribution >= 0.6 is 0 Å². The van der Waals surface area contributed by atoms with Gasteiger partial charge in [-0.3, -0.25) is 0 Å². The van der Waals surface area contributed by atoms with Crippen molar-refractivity contribution in [3.8, 4) is 0 Å². The molecule has 0 nitrogen and oxygen atoms in total. The van der Waals surface area contributed by atoms with E-state index >= 15 is 0 Å². The van der Waals surface area contributed by atoms with Crippen LogP contribution in [0.5, 0.6) is 0 Å². The van der Waals surface area contributed by atoms with Gasteiger partial charge in [-0.25, -0.2) is 0 Å². The third-order valence-electron chi connectivity index (χ3n) is 3.12. The van der Waals surface area contributed by atoms with Gasteiger partial charge in [-0.1, -0.05) is 49.6 Å². The summed E-state index contributed by atoms with van der Waals surface area (Å²) < 4.78 is 0. The number of rotatable bonds is 2. The van der Waals surface area contributed by atoms with Gasteiger partial charge >= 0.3 is 0 Å². The summed E-state index contributed by atoms with van der Waals surface area (Å²) in [7, 11) is 2.15. The molecule has 0 fully saturated rings. The molecule has 0 aliphatic heterocycles. The highest BCUT2D eigenvalue weighted by Gasteiger charge is 2.04. The SMILES string of the molecule is Bc1ccc2c(CC)c(CC)ccc2c1. The molecule has 0 aliphatic rings. The first-order chi connectivity index (χ1) is 7.26. The molecule has 1 heteroatoms. The van der Waals surface area contributed by atoms with Gasteiger partial charge in [-0.2, -0.15) is 0 Å². The molecule has 0 aliphatic carbocycles. The van der Waals surface area contributed by atoms with Gasteiger partial charge in [0, 0.05) is 0 Å². The minimum absolute atomic E-state index is 1.13. The van der Waals surface area contributed by atoms with Crippen LogP contribution in [0.2, 0.25) is 0 Å². The molecule has 0 saturated carbocycles. The zero-order valence-electron chi connectivity index (χ0n) is 9.80. The lowest BCUT2D eigenvalue weighted by atomic mass is 9.90. The molecule has 0 saturated heterocycles. The number of hydrogen-bond acceptors (Lipinski definition) is 0. The summed E-state index contributed by atoms with van der Waals surface area (Å²) in [5.41, 5.74) is 4.36. The van der Waals surface area contributed by atoms with Crippen molar-refractivity contribution in [3.63, 3.8) is 0 Å². The predicted molar refractivity (Wildman–Crippen MR) is 70.9 cm³/mol. The summed E-state index contributed by atoms with van der Waals surface area (Å²) in [6.07, 6.45) is 2.26. The van der Waals surface area contributed by atoms with Crippen molar-refractivity contribution in [1.29, 1.82) is 0 Å². The van der Waals surface area contributed by atoms with Gasteiger partial charge in [-0.15, -0.1) is 0 Å². The highest BCUT2D eigenvalue weighted by molar-refractivity contribution is 6.33. The summed E-state index contributed by atoms with van der Waals surface area (Å²) in [6, 6.07) is 11.3. The Morgan fingerprint density at radius 3 is 2.47 bits per heavy atom. The smallest absolute Gasteiger partial charge is 0.0883 e. The quantitative estimate of drug-likeness (QED) is 0.646. The minimum Gasteiger partial charge on any atom is -0.0883 e. The molecule has 0 unspecified atom stereocenters. The first-order valence-electron chi connectivity index (χ1n) is 5.77. The van der Waals surface area contributed by atoms with Crippen LogP contribution in [0.1, 0.15) is 25.0 Å². The molecule has 0 atom stereocenters. The Labute approximate surface area is 92.7 Å². The van der Waals surface area contributed by atoms with Gasteiger partial charge in [0.1, 0.15) is 7.85 Å². The molecule has 0 spiro atoms. The van der Waals surface area contributed by atoms with Crippen molar-refractivity contribution in [2.75, 3.05) is 0 Å². The second-order valence-electron chi connectivity index (χ2n) is 4.13. The summed E-state index contributed by atoms with van der Waals surface area (Å²) >= 11 is 0. The van der Waals surface area contributed by atoms with Crippen LogP contribution in [-0.4, -0.2) is 7.85 Å². The maximum atomic E-state index is 2.28. The summed E-state index contributed by atoms with van der Waals surface area (Å²) in [4.78, 5) is 0. The molecule has 0 radical (unpaired) electrons. The van der Waals surface area contributed by atoms with E-state index in [4.69, 9.17) is 0 Å². The number of benzene rings is 2. The van der Waals surface area contributed by atoms with Crippen molar-refractivity contribution in [3.05, 3.63) is 41.5 Å². The zero-order valence-corrected chi connectivity index (χ0v) is 9.80. The van der Waals surface area contributed by atoms with Crippen LogP contribution < -0.4 is 5.46 Å². The van der Waals surface area contributed by atoms with E-state index in [9.17, 15) is 0 Å². The Bertz CT molecular complexity index is 486. The summed E-state index contributed by atoms with van der Waals surface area (Å²) in [5, 5.41) is 2.81. The van der Waals surface area contributed by atoms with Gasteiger partial charge in [0.15, 0.2) is 0 Å². The Morgan fingerprint density at radius 1 is 1.00 bits per heavy atom. The molecule has 0 aromatic heterocycles. The highest BCUT2D eigenvalue weighted by atomic mass is 14.1. The standard InChI is InChI=1S/C14H17B/c1-3-10-5-6-11-9-12(15)7-8-14(11)13(10)4-2/h5-9H,3-4,15H2,1-2H3. The maximum absolute atomic E-state index is 2.28. The molecule has 15 heavy (non-hydrogen) atoms. The van der Waals surface area contributed by atoms with Crippen LogP contribution in [-0.2, 0) is 12.8 Å². The van der Waals surface area contributed by atoms with E-state index in [1.807, 2.05) is 0 Å². The fourth-order valence-corrected chi connectivity index (χ4v) is 2.31. The molecular formula is C14H17B. The number of hydrogen-bond donors (Lipinski definition) is 0. The van der Waals surface area contributed by atoms with E-state index in [0.29, 0.717) is 0 Å². The van der Waals surface area contributed by atoms with E-state index in [0.717, 1.165) is 12.8 Å². The minimum atomic E-state index is 1.13. The normalized spacial score (nSPS) is 10.8. The molecule has 2 aromatic carbocycles. The van der Waals surface area contributed by atoms with Crippen molar-refractivity contribution in [2.45, 2.75) is 26.7 Å². The van der Waals surface area contributed by atoms with Crippen molar-refractivity contribution in [2.24, 2.45) is 0 Å². The number of fused-ring (bicyclic) bond motifs is 1. The van der Waals surface area contributed by atoms with Crippen molar-refractivity contribution >= 4 is 24.1 Å². The Balaban J connectivity index is 2.76. The fraction of sp³-hybridized carbons (Fsp3) is 0.286. The molecule has 0 N–H and O–H groups in total. The van der Waals surface area contributed by atoms with Gasteiger partial charge in [0.2, 0.25) is 0 Å². The Morgan fingerprint density at radius 2 is 1.80 bits per heavy atom. The third-order valence-corrected chi connectivity index (χ3v) is 3.12. The lowest BCUT2D eigenvalue weighted by Crippen LogP contribution is -2.01. The van der Waals surface area contributed by atoms with Gasteiger partial charge in [0.25, 0.3) is 0 Å². The average molecular weight is 196 g/mol. The largest absolute Gasteiger partial charge is 0.139 e. The third kappa shape index (κ3) is 1.79. The van der Waals surface area contributed by atoms with Gasteiger partial charge in [-0.05, 0) is 34.7 Å². The highest BCUT2D eigenvalue weighted by Crippen LogP contribution is 2.22. The summed E-state index contributed by atoms with van der Waals surface area (Å²) in [6.45, 7) is 4.47. The second kappa shape index (κ2) is 4.10. The van der Waals surface area contributed by atoms with Crippen LogP contribution in [0.25, 0.3) is 10.8 Å². The molecule has 0 amide bonds. The average Bonchev–Trinajstić information content (AvgIpc) is 2.27. The van der Waals surface area contributed by atoms with Crippen LogP contribution in [0.15, 0.2) is 30.3 Å². The molecule has 76 valence electrons. The second-order valence-corrected chi connectivity index (χ2v) is 4.13. The van der Waals surface area contributed by atoms with E-state index in [1.165, 1.54) is 27.4 Å². The molecule has 2 rings (SSSR count). The predicted octanol–water partition coefficient (Wildman–Crippen LogP) is 2.22. The zero-order chi connectivity index (χ0) is 10.8. The maximum Gasteiger partial charge on any atom is 0.139 e. The summed E-state index contributed by atoms with van der Waals surface area (Å²) in [5.74, 6) is 0. The topological polar surface area (TPSA) is 0 Å². The Hall–Kier alpha value is -1.24. The lowest BCUT2D eigenvalue weighted by Gasteiger charge is -2.10. The van der Waals surface area contributed by atoms with Crippen molar-refractivity contribution < 1.29 is 0 Å². The molecule has 2 aromatic rings. The lowest BCUT2D eigenvalue weighted by molar-refractivity contribution is 1.05. The molecule has 0 heterocycles. The van der Waals surface area contributed by atoms with Crippen LogP contribution in [0.3, 0.4) is 0 Å². The molecular weight excluding hydrogens is 179 g/mol. The van der Waals surface area contributed by atoms with E-state index in [1.54, 1.807) is 0 Å². The first kappa shape index (κ1) is 10.3. The van der Waals surface area contributed by atoms with Crippen LogP contribution in [0, 0.1) is 0 Å². The van der Waals surface area contributed by atoms with E-state index in [2.05, 4.69) is 52.0 Å².